The first-order valence-corrected chi connectivity index (χ1v) is 6.65. The summed E-state index contributed by atoms with van der Waals surface area (Å²) in [6, 6.07) is 5.90. The molecule has 1 aromatic carbocycles. The maximum Gasteiger partial charge on any atom is 0.188 e. The zero-order chi connectivity index (χ0) is 13.5. The number of hydrogen-bond donors (Lipinski definition) is 2. The summed E-state index contributed by atoms with van der Waals surface area (Å²) in [7, 11) is 0. The molecular formula is C14H23ClIN3. The standard InChI is InChI=1S/C14H22ClN3.HI/c1-10(2)6-7-17-14(16)18-9-12-4-5-13(15)11(3)8-12;/h4-5,8,10H,6-7,9H2,1-3H3,(H3,16,17,18);1H. The average molecular weight is 396 g/mol. The van der Waals surface area contributed by atoms with Gasteiger partial charge in [0.1, 0.15) is 0 Å². The molecule has 0 spiro atoms. The van der Waals surface area contributed by atoms with Crippen molar-refractivity contribution >= 4 is 41.5 Å². The molecule has 0 aromatic heterocycles. The largest absolute Gasteiger partial charge is 0.370 e. The number of rotatable bonds is 5. The molecule has 1 aromatic rings. The molecule has 0 saturated carbocycles. The number of nitrogens with two attached hydrogens (primary N) is 1. The fourth-order valence-corrected chi connectivity index (χ4v) is 1.64. The smallest absolute Gasteiger partial charge is 0.188 e. The summed E-state index contributed by atoms with van der Waals surface area (Å²) in [6.07, 6.45) is 1.09. The van der Waals surface area contributed by atoms with Crippen molar-refractivity contribution in [2.75, 3.05) is 6.54 Å². The number of nitrogens with one attached hydrogen (secondary N) is 1. The van der Waals surface area contributed by atoms with Gasteiger partial charge in [-0.3, -0.25) is 0 Å². The summed E-state index contributed by atoms with van der Waals surface area (Å²) < 4.78 is 0. The van der Waals surface area contributed by atoms with Gasteiger partial charge in [0, 0.05) is 11.6 Å². The van der Waals surface area contributed by atoms with Gasteiger partial charge in [-0.1, -0.05) is 37.6 Å². The van der Waals surface area contributed by atoms with Gasteiger partial charge in [-0.25, -0.2) is 4.99 Å². The first-order chi connectivity index (χ1) is 8.49. The lowest BCUT2D eigenvalue weighted by Gasteiger charge is -2.07. The third-order valence-electron chi connectivity index (χ3n) is 2.68. The zero-order valence-electron chi connectivity index (χ0n) is 11.7. The Morgan fingerprint density at radius 2 is 2.11 bits per heavy atom. The van der Waals surface area contributed by atoms with E-state index in [4.69, 9.17) is 17.3 Å². The maximum absolute atomic E-state index is 5.97. The van der Waals surface area contributed by atoms with E-state index in [2.05, 4.69) is 24.2 Å². The number of guanidine groups is 1. The van der Waals surface area contributed by atoms with Crippen molar-refractivity contribution in [1.82, 2.24) is 5.32 Å². The summed E-state index contributed by atoms with van der Waals surface area (Å²) in [6.45, 7) is 7.81. The molecule has 3 N–H and O–H groups in total. The molecule has 0 fully saturated rings. The van der Waals surface area contributed by atoms with Gasteiger partial charge in [-0.2, -0.15) is 0 Å². The fraction of sp³-hybridized carbons (Fsp3) is 0.500. The molecule has 0 unspecified atom stereocenters. The van der Waals surface area contributed by atoms with Crippen LogP contribution in [0.4, 0.5) is 0 Å². The van der Waals surface area contributed by atoms with Crippen molar-refractivity contribution in [2.45, 2.75) is 33.7 Å². The SMILES string of the molecule is Cc1cc(CN=C(N)NCCC(C)C)ccc1Cl.I. The van der Waals surface area contributed by atoms with Crippen molar-refractivity contribution in [3.63, 3.8) is 0 Å². The Morgan fingerprint density at radius 1 is 1.42 bits per heavy atom. The Labute approximate surface area is 138 Å². The Hall–Kier alpha value is -0.490. The van der Waals surface area contributed by atoms with Gasteiger partial charge in [0.25, 0.3) is 0 Å². The Kier molecular flexibility index (Phi) is 9.18. The molecule has 0 radical (unpaired) electrons. The van der Waals surface area contributed by atoms with Crippen molar-refractivity contribution in [2.24, 2.45) is 16.6 Å². The number of benzene rings is 1. The molecule has 0 aliphatic carbocycles. The van der Waals surface area contributed by atoms with E-state index in [9.17, 15) is 0 Å². The molecule has 1 rings (SSSR count). The van der Waals surface area contributed by atoms with Crippen LogP contribution in [0.3, 0.4) is 0 Å². The minimum atomic E-state index is 0. The highest BCUT2D eigenvalue weighted by molar-refractivity contribution is 14.0. The summed E-state index contributed by atoms with van der Waals surface area (Å²) in [5, 5.41) is 3.90. The Morgan fingerprint density at radius 3 is 2.68 bits per heavy atom. The highest BCUT2D eigenvalue weighted by Crippen LogP contribution is 2.16. The van der Waals surface area contributed by atoms with Crippen LogP contribution in [0.15, 0.2) is 23.2 Å². The Balaban J connectivity index is 0.00000324. The average Bonchev–Trinajstić information content (AvgIpc) is 2.30. The third-order valence-corrected chi connectivity index (χ3v) is 3.11. The lowest BCUT2D eigenvalue weighted by molar-refractivity contribution is 0.576. The van der Waals surface area contributed by atoms with Crippen LogP contribution in [-0.2, 0) is 6.54 Å². The minimum absolute atomic E-state index is 0. The molecule has 0 bridgehead atoms. The van der Waals surface area contributed by atoms with Crippen LogP contribution in [0, 0.1) is 12.8 Å². The number of hydrogen-bond acceptors (Lipinski definition) is 1. The molecule has 0 heterocycles. The normalized spacial score (nSPS) is 11.3. The molecule has 0 amide bonds. The molecule has 0 saturated heterocycles. The second kappa shape index (κ2) is 9.42. The molecule has 0 aliphatic heterocycles. The summed E-state index contributed by atoms with van der Waals surface area (Å²) in [5.41, 5.74) is 7.97. The molecular weight excluding hydrogens is 373 g/mol. The highest BCUT2D eigenvalue weighted by Gasteiger charge is 1.98. The van der Waals surface area contributed by atoms with E-state index in [0.29, 0.717) is 18.4 Å². The van der Waals surface area contributed by atoms with Crippen LogP contribution < -0.4 is 11.1 Å². The van der Waals surface area contributed by atoms with Gasteiger partial charge in [0.2, 0.25) is 0 Å². The van der Waals surface area contributed by atoms with E-state index in [0.717, 1.165) is 29.1 Å². The van der Waals surface area contributed by atoms with E-state index in [1.165, 1.54) is 0 Å². The molecule has 108 valence electrons. The number of aliphatic imine (C=N–C) groups is 1. The number of nitrogens with zero attached hydrogens (tertiary/aromatic N) is 1. The number of aryl methyl sites for hydroxylation is 1. The van der Waals surface area contributed by atoms with E-state index in [1.807, 2.05) is 25.1 Å². The second-order valence-corrected chi connectivity index (χ2v) is 5.30. The van der Waals surface area contributed by atoms with Crippen LogP contribution in [0.5, 0.6) is 0 Å². The van der Waals surface area contributed by atoms with E-state index in [1.54, 1.807) is 0 Å². The fourth-order valence-electron chi connectivity index (χ4n) is 1.53. The zero-order valence-corrected chi connectivity index (χ0v) is 14.8. The van der Waals surface area contributed by atoms with E-state index >= 15 is 0 Å². The molecule has 5 heteroatoms. The van der Waals surface area contributed by atoms with Gasteiger partial charge < -0.3 is 11.1 Å². The first kappa shape index (κ1) is 18.5. The number of halogens is 2. The molecule has 19 heavy (non-hydrogen) atoms. The van der Waals surface area contributed by atoms with Crippen LogP contribution in [-0.4, -0.2) is 12.5 Å². The summed E-state index contributed by atoms with van der Waals surface area (Å²) in [4.78, 5) is 4.30. The predicted octanol–water partition coefficient (Wildman–Crippen LogP) is 3.72. The van der Waals surface area contributed by atoms with E-state index in [-0.39, 0.29) is 24.0 Å². The van der Waals surface area contributed by atoms with Gasteiger partial charge in [0.15, 0.2) is 5.96 Å². The maximum atomic E-state index is 5.97. The van der Waals surface area contributed by atoms with Crippen LogP contribution in [0.25, 0.3) is 0 Å². The third kappa shape index (κ3) is 7.62. The Bertz CT molecular complexity index is 419. The summed E-state index contributed by atoms with van der Waals surface area (Å²) >= 11 is 5.97. The lowest BCUT2D eigenvalue weighted by Crippen LogP contribution is -2.32. The lowest BCUT2D eigenvalue weighted by atomic mass is 10.1. The van der Waals surface area contributed by atoms with Crippen molar-refractivity contribution < 1.29 is 0 Å². The monoisotopic (exact) mass is 395 g/mol. The highest BCUT2D eigenvalue weighted by atomic mass is 127. The first-order valence-electron chi connectivity index (χ1n) is 6.28. The van der Waals surface area contributed by atoms with Crippen LogP contribution >= 0.6 is 35.6 Å². The van der Waals surface area contributed by atoms with Crippen LogP contribution in [0.2, 0.25) is 5.02 Å². The topological polar surface area (TPSA) is 50.4 Å². The van der Waals surface area contributed by atoms with E-state index < -0.39 is 0 Å². The second-order valence-electron chi connectivity index (χ2n) is 4.89. The quantitative estimate of drug-likeness (QED) is 0.453. The molecule has 3 nitrogen and oxygen atoms in total. The molecule has 0 atom stereocenters. The van der Waals surface area contributed by atoms with Gasteiger partial charge in [-0.05, 0) is 36.5 Å². The van der Waals surface area contributed by atoms with Gasteiger partial charge >= 0.3 is 0 Å². The van der Waals surface area contributed by atoms with Gasteiger partial charge in [-0.15, -0.1) is 24.0 Å². The predicted molar refractivity (Wildman–Crippen MR) is 94.4 cm³/mol. The van der Waals surface area contributed by atoms with Crippen LogP contribution in [0.1, 0.15) is 31.4 Å². The van der Waals surface area contributed by atoms with Crippen molar-refractivity contribution in [1.29, 1.82) is 0 Å². The van der Waals surface area contributed by atoms with Crippen molar-refractivity contribution in [3.05, 3.63) is 34.3 Å². The minimum Gasteiger partial charge on any atom is -0.370 e. The van der Waals surface area contributed by atoms with Crippen molar-refractivity contribution in [3.8, 4) is 0 Å². The van der Waals surface area contributed by atoms with Gasteiger partial charge in [0.05, 0.1) is 6.54 Å². The summed E-state index contributed by atoms with van der Waals surface area (Å²) in [5.74, 6) is 1.17. The molecule has 0 aliphatic rings.